The third-order valence-electron chi connectivity index (χ3n) is 6.28. The highest BCUT2D eigenvalue weighted by Gasteiger charge is 2.43. The van der Waals surface area contributed by atoms with Gasteiger partial charge < -0.3 is 19.1 Å². The predicted octanol–water partition coefficient (Wildman–Crippen LogP) is 4.05. The first-order valence-electron chi connectivity index (χ1n) is 11.2. The average molecular weight is 440 g/mol. The lowest BCUT2D eigenvalue weighted by Crippen LogP contribution is -2.48. The highest BCUT2D eigenvalue weighted by Crippen LogP contribution is 2.37. The van der Waals surface area contributed by atoms with Gasteiger partial charge in [0.15, 0.2) is 0 Å². The molecule has 0 radical (unpaired) electrons. The van der Waals surface area contributed by atoms with Crippen molar-refractivity contribution in [1.29, 1.82) is 0 Å². The van der Waals surface area contributed by atoms with Gasteiger partial charge in [0.05, 0.1) is 26.2 Å². The van der Waals surface area contributed by atoms with E-state index in [4.69, 9.17) is 14.2 Å². The van der Waals surface area contributed by atoms with E-state index >= 15 is 0 Å². The molecule has 1 amide bonds. The Morgan fingerprint density at radius 1 is 0.969 bits per heavy atom. The van der Waals surface area contributed by atoms with Gasteiger partial charge in [-0.05, 0) is 61.9 Å². The Balaban J connectivity index is 1.63. The normalized spacial score (nSPS) is 15.2. The molecular weight excluding hydrogens is 406 g/mol. The Kier molecular flexibility index (Phi) is 8.14. The molecule has 0 bridgehead atoms. The van der Waals surface area contributed by atoms with Gasteiger partial charge >= 0.3 is 5.97 Å². The molecule has 0 aromatic heterocycles. The van der Waals surface area contributed by atoms with Crippen molar-refractivity contribution in [2.75, 3.05) is 33.9 Å². The summed E-state index contributed by atoms with van der Waals surface area (Å²) in [5.41, 5.74) is 1.49. The number of hydrogen-bond donors (Lipinski definition) is 0. The van der Waals surface area contributed by atoms with Crippen molar-refractivity contribution in [3.8, 4) is 11.5 Å². The number of nitrogens with zero attached hydrogens (tertiary/aromatic N) is 1. The maximum Gasteiger partial charge on any atom is 0.312 e. The summed E-state index contributed by atoms with van der Waals surface area (Å²) in [5.74, 6) is 1.53. The van der Waals surface area contributed by atoms with E-state index in [0.29, 0.717) is 51.8 Å². The minimum Gasteiger partial charge on any atom is -0.497 e. The standard InChI is InChI=1S/C26H33NO5/c1-4-32-25(29)26(19-20-9-12-22(30-2)13-10-20)15-17-27(18-16-26)24(28)14-11-21-7-5-6-8-23(21)31-3/h5-10,12-13H,4,11,14-19H2,1-3H3. The van der Waals surface area contributed by atoms with Crippen LogP contribution in [0.25, 0.3) is 0 Å². The van der Waals surface area contributed by atoms with Gasteiger partial charge in [0.2, 0.25) is 5.91 Å². The average Bonchev–Trinajstić information content (AvgIpc) is 2.83. The second kappa shape index (κ2) is 11.0. The molecule has 172 valence electrons. The molecule has 2 aromatic carbocycles. The Morgan fingerprint density at radius 3 is 2.28 bits per heavy atom. The molecule has 1 fully saturated rings. The number of hydrogen-bond acceptors (Lipinski definition) is 5. The number of carbonyl (C=O) groups excluding carboxylic acids is 2. The van der Waals surface area contributed by atoms with Crippen molar-refractivity contribution in [2.24, 2.45) is 5.41 Å². The molecule has 0 N–H and O–H groups in total. The number of methoxy groups -OCH3 is 2. The zero-order valence-electron chi connectivity index (χ0n) is 19.3. The second-order valence-corrected chi connectivity index (χ2v) is 8.22. The summed E-state index contributed by atoms with van der Waals surface area (Å²) >= 11 is 0. The van der Waals surface area contributed by atoms with Crippen LogP contribution in [0.5, 0.6) is 11.5 Å². The van der Waals surface area contributed by atoms with Crippen molar-refractivity contribution < 1.29 is 23.8 Å². The minimum absolute atomic E-state index is 0.109. The van der Waals surface area contributed by atoms with Crippen LogP contribution in [0.1, 0.15) is 37.3 Å². The third-order valence-corrected chi connectivity index (χ3v) is 6.28. The number of benzene rings is 2. The molecule has 6 nitrogen and oxygen atoms in total. The quantitative estimate of drug-likeness (QED) is 0.552. The first kappa shape index (κ1) is 23.6. The zero-order chi connectivity index (χ0) is 23.0. The zero-order valence-corrected chi connectivity index (χ0v) is 19.3. The van der Waals surface area contributed by atoms with E-state index in [9.17, 15) is 9.59 Å². The number of piperidine rings is 1. The first-order chi connectivity index (χ1) is 15.5. The molecule has 1 aliphatic heterocycles. The van der Waals surface area contributed by atoms with Crippen molar-refractivity contribution in [3.63, 3.8) is 0 Å². The van der Waals surface area contributed by atoms with Gasteiger partial charge in [-0.1, -0.05) is 30.3 Å². The van der Waals surface area contributed by atoms with E-state index in [1.54, 1.807) is 14.2 Å². The fraction of sp³-hybridized carbons (Fsp3) is 0.462. The van der Waals surface area contributed by atoms with Gasteiger partial charge in [-0.25, -0.2) is 0 Å². The molecular formula is C26H33NO5. The number of carbonyl (C=O) groups is 2. The molecule has 1 heterocycles. The van der Waals surface area contributed by atoms with Crippen LogP contribution in [0.4, 0.5) is 0 Å². The molecule has 1 aliphatic rings. The molecule has 6 heteroatoms. The van der Waals surface area contributed by atoms with Gasteiger partial charge in [0, 0.05) is 19.5 Å². The molecule has 3 rings (SSSR count). The monoisotopic (exact) mass is 439 g/mol. The highest BCUT2D eigenvalue weighted by molar-refractivity contribution is 5.79. The number of ether oxygens (including phenoxy) is 3. The third kappa shape index (κ3) is 5.61. The maximum atomic E-state index is 12.9. The Hall–Kier alpha value is -3.02. The topological polar surface area (TPSA) is 65.1 Å². The molecule has 0 atom stereocenters. The van der Waals surface area contributed by atoms with E-state index in [0.717, 1.165) is 22.6 Å². The van der Waals surface area contributed by atoms with Gasteiger partial charge in [0.25, 0.3) is 0 Å². The highest BCUT2D eigenvalue weighted by atomic mass is 16.5. The smallest absolute Gasteiger partial charge is 0.312 e. The number of para-hydroxylation sites is 1. The number of amides is 1. The van der Waals surface area contributed by atoms with E-state index in [-0.39, 0.29) is 11.9 Å². The summed E-state index contributed by atoms with van der Waals surface area (Å²) in [6, 6.07) is 15.6. The first-order valence-corrected chi connectivity index (χ1v) is 11.2. The number of aryl methyl sites for hydroxylation is 1. The molecule has 32 heavy (non-hydrogen) atoms. The van der Waals surface area contributed by atoms with E-state index in [1.165, 1.54) is 0 Å². The number of rotatable bonds is 9. The van der Waals surface area contributed by atoms with Crippen molar-refractivity contribution in [1.82, 2.24) is 4.90 Å². The molecule has 1 saturated heterocycles. The number of esters is 1. The molecule has 0 aliphatic carbocycles. The largest absolute Gasteiger partial charge is 0.497 e. The van der Waals surface area contributed by atoms with Crippen molar-refractivity contribution >= 4 is 11.9 Å². The van der Waals surface area contributed by atoms with Crippen LogP contribution < -0.4 is 9.47 Å². The summed E-state index contributed by atoms with van der Waals surface area (Å²) in [4.78, 5) is 27.7. The van der Waals surface area contributed by atoms with Crippen LogP contribution in [0.3, 0.4) is 0 Å². The van der Waals surface area contributed by atoms with Crippen LogP contribution in [0.2, 0.25) is 0 Å². The number of likely N-dealkylation sites (tertiary alicyclic amines) is 1. The van der Waals surface area contributed by atoms with Gasteiger partial charge in [-0.15, -0.1) is 0 Å². The molecule has 0 unspecified atom stereocenters. The van der Waals surface area contributed by atoms with Gasteiger partial charge in [0.1, 0.15) is 11.5 Å². The van der Waals surface area contributed by atoms with Crippen LogP contribution in [-0.4, -0.2) is 50.7 Å². The molecule has 2 aromatic rings. The SMILES string of the molecule is CCOC(=O)C1(Cc2ccc(OC)cc2)CCN(C(=O)CCc2ccccc2OC)CC1. The fourth-order valence-electron chi connectivity index (χ4n) is 4.36. The Labute approximate surface area is 190 Å². The lowest BCUT2D eigenvalue weighted by atomic mass is 9.73. The van der Waals surface area contributed by atoms with Crippen molar-refractivity contribution in [3.05, 3.63) is 59.7 Å². The van der Waals surface area contributed by atoms with Crippen LogP contribution >= 0.6 is 0 Å². The fourth-order valence-corrected chi connectivity index (χ4v) is 4.36. The van der Waals surface area contributed by atoms with Crippen LogP contribution in [-0.2, 0) is 27.2 Å². The lowest BCUT2D eigenvalue weighted by molar-refractivity contribution is -0.160. The van der Waals surface area contributed by atoms with E-state index in [2.05, 4.69) is 0 Å². The Bertz CT molecular complexity index is 901. The summed E-state index contributed by atoms with van der Waals surface area (Å²) in [7, 11) is 3.28. The second-order valence-electron chi connectivity index (χ2n) is 8.22. The Morgan fingerprint density at radius 2 is 1.66 bits per heavy atom. The van der Waals surface area contributed by atoms with Gasteiger partial charge in [-0.2, -0.15) is 0 Å². The maximum absolute atomic E-state index is 12.9. The molecule has 0 spiro atoms. The summed E-state index contributed by atoms with van der Waals surface area (Å²) in [5, 5.41) is 0. The van der Waals surface area contributed by atoms with Crippen LogP contribution in [0.15, 0.2) is 48.5 Å². The van der Waals surface area contributed by atoms with E-state index < -0.39 is 5.41 Å². The predicted molar refractivity (Wildman–Crippen MR) is 123 cm³/mol. The molecule has 0 saturated carbocycles. The van der Waals surface area contributed by atoms with Crippen molar-refractivity contribution in [2.45, 2.75) is 39.0 Å². The summed E-state index contributed by atoms with van der Waals surface area (Å²) < 4.78 is 16.1. The summed E-state index contributed by atoms with van der Waals surface area (Å²) in [6.45, 7) is 3.29. The van der Waals surface area contributed by atoms with Crippen LogP contribution in [0, 0.1) is 5.41 Å². The summed E-state index contributed by atoms with van der Waals surface area (Å²) in [6.07, 6.45) is 2.84. The minimum atomic E-state index is -0.607. The van der Waals surface area contributed by atoms with E-state index in [1.807, 2.05) is 60.4 Å². The lowest BCUT2D eigenvalue weighted by Gasteiger charge is -2.40. The van der Waals surface area contributed by atoms with Gasteiger partial charge in [-0.3, -0.25) is 9.59 Å².